The Labute approximate surface area is 102 Å². The van der Waals surface area contributed by atoms with E-state index in [2.05, 4.69) is 0 Å². The Morgan fingerprint density at radius 3 is 2.24 bits per heavy atom. The Morgan fingerprint density at radius 2 is 1.71 bits per heavy atom. The number of hydrogen-bond acceptors (Lipinski definition) is 2. The third-order valence-electron chi connectivity index (χ3n) is 4.02. The molecule has 3 heteroatoms. The summed E-state index contributed by atoms with van der Waals surface area (Å²) in [7, 11) is 0. The number of hydrogen-bond donors (Lipinski definition) is 1. The van der Waals surface area contributed by atoms with Crippen LogP contribution in [0.25, 0.3) is 0 Å². The first-order valence-corrected chi connectivity index (χ1v) is 6.38. The van der Waals surface area contributed by atoms with E-state index >= 15 is 0 Å². The molecule has 1 aromatic rings. The van der Waals surface area contributed by atoms with Gasteiger partial charge in [-0.25, -0.2) is 0 Å². The van der Waals surface area contributed by atoms with Crippen molar-refractivity contribution in [3.8, 4) is 0 Å². The summed E-state index contributed by atoms with van der Waals surface area (Å²) in [4.78, 5) is 14.5. The normalized spacial score (nSPS) is 21.5. The molecular formula is C14H18N2O. The number of amides is 1. The third-order valence-corrected chi connectivity index (χ3v) is 4.02. The van der Waals surface area contributed by atoms with Gasteiger partial charge in [-0.15, -0.1) is 0 Å². The van der Waals surface area contributed by atoms with Crippen molar-refractivity contribution in [1.82, 2.24) is 4.90 Å². The molecule has 2 N–H and O–H groups in total. The molecule has 1 heterocycles. The molecule has 1 aromatic carbocycles. The summed E-state index contributed by atoms with van der Waals surface area (Å²) in [5.74, 6) is 0.333. The van der Waals surface area contributed by atoms with E-state index < -0.39 is 0 Å². The van der Waals surface area contributed by atoms with Gasteiger partial charge < -0.3 is 10.6 Å². The van der Waals surface area contributed by atoms with Crippen molar-refractivity contribution in [2.45, 2.75) is 31.1 Å². The summed E-state index contributed by atoms with van der Waals surface area (Å²) in [5, 5.41) is 0. The lowest BCUT2D eigenvalue weighted by atomic mass is 9.94. The predicted molar refractivity (Wildman–Crippen MR) is 67.6 cm³/mol. The Morgan fingerprint density at radius 1 is 1.12 bits per heavy atom. The predicted octanol–water partition coefficient (Wildman–Crippen LogP) is 1.92. The summed E-state index contributed by atoms with van der Waals surface area (Å²) in [5.41, 5.74) is 7.39. The fraction of sp³-hybridized carbons (Fsp3) is 0.500. The van der Waals surface area contributed by atoms with Crippen LogP contribution in [-0.2, 0) is 10.2 Å². The Balaban J connectivity index is 1.85. The molecule has 0 aromatic heterocycles. The Bertz CT molecular complexity index is 428. The molecule has 0 atom stereocenters. The third kappa shape index (κ3) is 1.70. The van der Waals surface area contributed by atoms with E-state index in [4.69, 9.17) is 5.73 Å². The molecule has 1 saturated carbocycles. The van der Waals surface area contributed by atoms with Crippen molar-refractivity contribution < 1.29 is 4.79 Å². The van der Waals surface area contributed by atoms with Crippen LogP contribution < -0.4 is 5.73 Å². The van der Waals surface area contributed by atoms with Crippen LogP contribution in [0.15, 0.2) is 24.3 Å². The molecule has 1 saturated heterocycles. The lowest BCUT2D eigenvalue weighted by Crippen LogP contribution is -2.37. The van der Waals surface area contributed by atoms with Crippen LogP contribution in [-0.4, -0.2) is 23.9 Å². The number of nitrogen functional groups attached to an aromatic ring is 1. The lowest BCUT2D eigenvalue weighted by molar-refractivity contribution is -0.132. The molecule has 0 radical (unpaired) electrons. The van der Waals surface area contributed by atoms with E-state index in [1.54, 1.807) is 0 Å². The quantitative estimate of drug-likeness (QED) is 0.789. The minimum absolute atomic E-state index is 0.210. The molecule has 1 amide bonds. The first-order chi connectivity index (χ1) is 8.22. The van der Waals surface area contributed by atoms with E-state index in [1.165, 1.54) is 0 Å². The molecule has 0 bridgehead atoms. The largest absolute Gasteiger partial charge is 0.399 e. The number of carbonyl (C=O) groups excluding carboxylic acids is 1. The molecule has 3 rings (SSSR count). The van der Waals surface area contributed by atoms with E-state index in [1.807, 2.05) is 29.2 Å². The number of likely N-dealkylation sites (tertiary alicyclic amines) is 1. The Kier molecular flexibility index (Phi) is 2.35. The molecule has 0 unspecified atom stereocenters. The van der Waals surface area contributed by atoms with Crippen LogP contribution >= 0.6 is 0 Å². The molecule has 1 aliphatic heterocycles. The van der Waals surface area contributed by atoms with Crippen molar-refractivity contribution in [3.05, 3.63) is 29.8 Å². The Hall–Kier alpha value is -1.51. The van der Waals surface area contributed by atoms with Crippen LogP contribution in [0.4, 0.5) is 5.69 Å². The lowest BCUT2D eigenvalue weighted by Gasteiger charge is -2.23. The zero-order valence-electron chi connectivity index (χ0n) is 9.98. The second-order valence-electron chi connectivity index (χ2n) is 5.20. The van der Waals surface area contributed by atoms with Gasteiger partial charge in [-0.2, -0.15) is 0 Å². The highest BCUT2D eigenvalue weighted by atomic mass is 16.2. The highest BCUT2D eigenvalue weighted by molar-refractivity contribution is 5.91. The number of rotatable bonds is 2. The summed E-state index contributed by atoms with van der Waals surface area (Å²) >= 11 is 0. The topological polar surface area (TPSA) is 46.3 Å². The van der Waals surface area contributed by atoms with E-state index in [0.29, 0.717) is 5.91 Å². The molecule has 2 fully saturated rings. The van der Waals surface area contributed by atoms with Crippen molar-refractivity contribution in [2.24, 2.45) is 0 Å². The van der Waals surface area contributed by atoms with E-state index in [-0.39, 0.29) is 5.41 Å². The molecular weight excluding hydrogens is 212 g/mol. The standard InChI is InChI=1S/C14H18N2O/c15-12-5-3-11(4-6-12)14(7-8-14)13(17)16-9-1-2-10-16/h3-6H,1-2,7-10,15H2. The number of carbonyl (C=O) groups is 1. The van der Waals surface area contributed by atoms with Crippen LogP contribution in [0.2, 0.25) is 0 Å². The van der Waals surface area contributed by atoms with Gasteiger partial charge in [0.05, 0.1) is 5.41 Å². The highest BCUT2D eigenvalue weighted by Crippen LogP contribution is 2.50. The van der Waals surface area contributed by atoms with E-state index in [9.17, 15) is 4.79 Å². The zero-order chi connectivity index (χ0) is 11.9. The second kappa shape index (κ2) is 3.76. The second-order valence-corrected chi connectivity index (χ2v) is 5.20. The monoisotopic (exact) mass is 230 g/mol. The van der Waals surface area contributed by atoms with Gasteiger partial charge in [-0.3, -0.25) is 4.79 Å². The van der Waals surface area contributed by atoms with Gasteiger partial charge in [0.25, 0.3) is 0 Å². The van der Waals surface area contributed by atoms with Crippen molar-refractivity contribution in [2.75, 3.05) is 18.8 Å². The molecule has 2 aliphatic rings. The molecule has 3 nitrogen and oxygen atoms in total. The maximum atomic E-state index is 12.5. The average molecular weight is 230 g/mol. The van der Waals surface area contributed by atoms with E-state index in [0.717, 1.165) is 50.0 Å². The summed E-state index contributed by atoms with van der Waals surface area (Å²) in [6, 6.07) is 7.81. The van der Waals surface area contributed by atoms with Gasteiger partial charge in [0.2, 0.25) is 5.91 Å². The molecule has 90 valence electrons. The average Bonchev–Trinajstić information content (AvgIpc) is 2.97. The first kappa shape index (κ1) is 10.6. The summed E-state index contributed by atoms with van der Waals surface area (Å²) in [6.45, 7) is 1.88. The fourth-order valence-corrected chi connectivity index (χ4v) is 2.78. The number of anilines is 1. The zero-order valence-corrected chi connectivity index (χ0v) is 9.98. The summed E-state index contributed by atoms with van der Waals surface area (Å²) < 4.78 is 0. The van der Waals surface area contributed by atoms with Crippen LogP contribution in [0.1, 0.15) is 31.2 Å². The van der Waals surface area contributed by atoms with Gasteiger partial charge in [0.1, 0.15) is 0 Å². The van der Waals surface area contributed by atoms with Gasteiger partial charge in [0, 0.05) is 18.8 Å². The van der Waals surface area contributed by atoms with Crippen molar-refractivity contribution >= 4 is 11.6 Å². The number of nitrogens with two attached hydrogens (primary N) is 1. The van der Waals surface area contributed by atoms with Gasteiger partial charge >= 0.3 is 0 Å². The number of nitrogens with zero attached hydrogens (tertiary/aromatic N) is 1. The van der Waals surface area contributed by atoms with Crippen LogP contribution in [0.3, 0.4) is 0 Å². The van der Waals surface area contributed by atoms with Crippen molar-refractivity contribution in [3.63, 3.8) is 0 Å². The van der Waals surface area contributed by atoms with Crippen molar-refractivity contribution in [1.29, 1.82) is 0 Å². The van der Waals surface area contributed by atoms with Crippen LogP contribution in [0.5, 0.6) is 0 Å². The fourth-order valence-electron chi connectivity index (χ4n) is 2.78. The maximum Gasteiger partial charge on any atom is 0.233 e. The summed E-state index contributed by atoms with van der Waals surface area (Å²) in [6.07, 6.45) is 4.30. The molecule has 17 heavy (non-hydrogen) atoms. The number of benzene rings is 1. The van der Waals surface area contributed by atoms with Crippen LogP contribution in [0, 0.1) is 0 Å². The molecule has 0 spiro atoms. The smallest absolute Gasteiger partial charge is 0.233 e. The first-order valence-electron chi connectivity index (χ1n) is 6.38. The van der Waals surface area contributed by atoms with Gasteiger partial charge in [-0.1, -0.05) is 12.1 Å². The van der Waals surface area contributed by atoms with Gasteiger partial charge in [0.15, 0.2) is 0 Å². The van der Waals surface area contributed by atoms with Gasteiger partial charge in [-0.05, 0) is 43.4 Å². The maximum absolute atomic E-state index is 12.5. The minimum atomic E-state index is -0.210. The minimum Gasteiger partial charge on any atom is -0.399 e. The molecule has 1 aliphatic carbocycles. The highest BCUT2D eigenvalue weighted by Gasteiger charge is 2.53. The SMILES string of the molecule is Nc1ccc(C2(C(=O)N3CCCC3)CC2)cc1.